The van der Waals surface area contributed by atoms with Gasteiger partial charge in [0, 0.05) is 100 Å². The van der Waals surface area contributed by atoms with Crippen LogP contribution in [0.4, 0.5) is 34.9 Å². The number of nitrogens with zero attached hydrogens (tertiary/aromatic N) is 12. The van der Waals surface area contributed by atoms with Gasteiger partial charge in [0.25, 0.3) is 0 Å². The topological polar surface area (TPSA) is 222 Å². The van der Waals surface area contributed by atoms with Crippen molar-refractivity contribution >= 4 is 58.7 Å². The van der Waals surface area contributed by atoms with Gasteiger partial charge in [-0.25, -0.2) is 28.9 Å². The number of ether oxygens (including phenoxy) is 1. The van der Waals surface area contributed by atoms with Gasteiger partial charge in [0.05, 0.1) is 29.1 Å². The molecule has 0 saturated carbocycles. The van der Waals surface area contributed by atoms with E-state index in [1.54, 1.807) is 91.6 Å². The fraction of sp³-hybridized carbons (Fsp3) is 0.348. The summed E-state index contributed by atoms with van der Waals surface area (Å²) in [6.07, 6.45) is 6.72. The molecule has 0 radical (unpaired) electrons. The Kier molecular flexibility index (Phi) is 14.2. The summed E-state index contributed by atoms with van der Waals surface area (Å²) in [7, 11) is 0. The number of aromatic nitrogens is 8. The van der Waals surface area contributed by atoms with Gasteiger partial charge in [0.2, 0.25) is 23.7 Å². The zero-order valence-corrected chi connectivity index (χ0v) is 37.9. The Labute approximate surface area is 382 Å². The highest BCUT2D eigenvalue weighted by atomic mass is 16.5. The number of carbonyl (C=O) groups is 4. The third-order valence-electron chi connectivity index (χ3n) is 11.2. The molecule has 8 rings (SSSR count). The molecular formula is C46H54N14O6. The molecule has 2 saturated heterocycles. The van der Waals surface area contributed by atoms with Crippen LogP contribution in [0.3, 0.4) is 0 Å². The second kappa shape index (κ2) is 20.3. The minimum Gasteiger partial charge on any atom is -0.478 e. The van der Waals surface area contributed by atoms with Crippen LogP contribution < -0.4 is 20.4 Å². The van der Waals surface area contributed by atoms with Crippen LogP contribution >= 0.6 is 0 Å². The van der Waals surface area contributed by atoms with Crippen LogP contribution in [0.1, 0.15) is 69.2 Å². The highest BCUT2D eigenvalue weighted by Crippen LogP contribution is 2.25. The van der Waals surface area contributed by atoms with E-state index in [1.165, 1.54) is 12.1 Å². The summed E-state index contributed by atoms with van der Waals surface area (Å²) in [6.45, 7) is 16.4. The molecule has 6 heterocycles. The molecule has 4 aromatic heterocycles. The molecule has 2 fully saturated rings. The number of esters is 1. The van der Waals surface area contributed by atoms with Crippen molar-refractivity contribution in [1.29, 1.82) is 0 Å². The monoisotopic (exact) mass is 898 g/mol. The number of hydrogen-bond acceptors (Lipinski definition) is 15. The van der Waals surface area contributed by atoms with E-state index in [9.17, 15) is 19.2 Å². The number of rotatable bonds is 11. The summed E-state index contributed by atoms with van der Waals surface area (Å²) >= 11 is 0. The highest BCUT2D eigenvalue weighted by molar-refractivity contribution is 5.90. The SMILES string of the molecule is CC(=O)N1[C@H](C)CN(c2cc(-n3cnc(Nc4ccc(C(=O)O)cc4)n3)ccn2)C[C@@H]1C.CCOC(=O)c1ccc(Nc2ncn(-c3ccnc(N4C[C@@H](C)N(C(C)=O)[C@@H](C)C4)c3)n2)cc1. The Morgan fingerprint density at radius 2 is 1.00 bits per heavy atom. The molecule has 2 amide bonds. The highest BCUT2D eigenvalue weighted by Gasteiger charge is 2.33. The van der Waals surface area contributed by atoms with Gasteiger partial charge < -0.3 is 40.1 Å². The van der Waals surface area contributed by atoms with Gasteiger partial charge in [0.15, 0.2) is 0 Å². The molecule has 2 aromatic carbocycles. The van der Waals surface area contributed by atoms with Gasteiger partial charge in [-0.15, -0.1) is 10.2 Å². The average Bonchev–Trinajstić information content (AvgIpc) is 3.97. The first-order valence-corrected chi connectivity index (χ1v) is 21.7. The number of anilines is 6. The predicted octanol–water partition coefficient (Wildman–Crippen LogP) is 5.58. The Morgan fingerprint density at radius 3 is 1.36 bits per heavy atom. The van der Waals surface area contributed by atoms with E-state index in [2.05, 4.69) is 64.4 Å². The van der Waals surface area contributed by atoms with Crippen LogP contribution in [0.2, 0.25) is 0 Å². The lowest BCUT2D eigenvalue weighted by atomic mass is 10.1. The number of amides is 2. The van der Waals surface area contributed by atoms with Crippen molar-refractivity contribution in [2.24, 2.45) is 0 Å². The maximum atomic E-state index is 12.0. The summed E-state index contributed by atoms with van der Waals surface area (Å²) in [5, 5.41) is 24.2. The minimum absolute atomic E-state index is 0.0894. The van der Waals surface area contributed by atoms with Crippen LogP contribution in [0, 0.1) is 0 Å². The summed E-state index contributed by atoms with van der Waals surface area (Å²) in [5.41, 5.74) is 3.79. The first-order chi connectivity index (χ1) is 31.7. The maximum absolute atomic E-state index is 12.0. The Balaban J connectivity index is 0.000000197. The average molecular weight is 899 g/mol. The molecule has 20 heteroatoms. The number of pyridine rings is 2. The molecule has 0 bridgehead atoms. The zero-order chi connectivity index (χ0) is 47.1. The molecule has 2 aliphatic heterocycles. The molecular weight excluding hydrogens is 845 g/mol. The van der Waals surface area contributed by atoms with Gasteiger partial charge in [-0.05, 0) is 95.3 Å². The fourth-order valence-corrected chi connectivity index (χ4v) is 8.46. The first-order valence-electron chi connectivity index (χ1n) is 21.7. The quantitative estimate of drug-likeness (QED) is 0.135. The Bertz CT molecular complexity index is 2630. The summed E-state index contributed by atoms with van der Waals surface area (Å²) < 4.78 is 8.34. The largest absolute Gasteiger partial charge is 0.478 e. The summed E-state index contributed by atoms with van der Waals surface area (Å²) in [4.78, 5) is 72.6. The van der Waals surface area contributed by atoms with E-state index >= 15 is 0 Å². The third-order valence-corrected chi connectivity index (χ3v) is 11.2. The van der Waals surface area contributed by atoms with Crippen molar-refractivity contribution in [2.75, 3.05) is 53.2 Å². The normalized spacial score (nSPS) is 18.2. The van der Waals surface area contributed by atoms with E-state index in [-0.39, 0.29) is 47.5 Å². The van der Waals surface area contributed by atoms with Gasteiger partial charge in [-0.3, -0.25) is 9.59 Å². The third kappa shape index (κ3) is 10.9. The van der Waals surface area contributed by atoms with Gasteiger partial charge >= 0.3 is 11.9 Å². The molecule has 3 N–H and O–H groups in total. The smallest absolute Gasteiger partial charge is 0.338 e. The molecule has 66 heavy (non-hydrogen) atoms. The molecule has 344 valence electrons. The van der Waals surface area contributed by atoms with E-state index in [0.717, 1.165) is 28.7 Å². The summed E-state index contributed by atoms with van der Waals surface area (Å²) in [5.74, 6) is 1.34. The van der Waals surface area contributed by atoms with Gasteiger partial charge in [-0.2, -0.15) is 9.97 Å². The number of carboxylic acids is 1. The van der Waals surface area contributed by atoms with Crippen molar-refractivity contribution in [3.8, 4) is 11.4 Å². The zero-order valence-electron chi connectivity index (χ0n) is 37.9. The second-order valence-electron chi connectivity index (χ2n) is 16.3. The lowest BCUT2D eigenvalue weighted by Crippen LogP contribution is -2.58. The molecule has 0 aliphatic carbocycles. The molecule has 6 aromatic rings. The van der Waals surface area contributed by atoms with Crippen molar-refractivity contribution in [3.63, 3.8) is 0 Å². The number of benzene rings is 2. The maximum Gasteiger partial charge on any atom is 0.338 e. The number of piperazine rings is 2. The van der Waals surface area contributed by atoms with E-state index < -0.39 is 5.97 Å². The molecule has 0 spiro atoms. The van der Waals surface area contributed by atoms with Crippen LogP contribution in [-0.4, -0.2) is 135 Å². The Hall–Kier alpha value is -7.90. The van der Waals surface area contributed by atoms with Gasteiger partial charge in [0.1, 0.15) is 24.3 Å². The van der Waals surface area contributed by atoms with Crippen LogP contribution in [0.5, 0.6) is 0 Å². The van der Waals surface area contributed by atoms with Crippen LogP contribution in [0.25, 0.3) is 11.4 Å². The van der Waals surface area contributed by atoms with E-state index in [0.29, 0.717) is 55.9 Å². The minimum atomic E-state index is -0.973. The van der Waals surface area contributed by atoms with Gasteiger partial charge in [-0.1, -0.05) is 0 Å². The van der Waals surface area contributed by atoms with Crippen LogP contribution in [-0.2, 0) is 14.3 Å². The number of carbonyl (C=O) groups excluding carboxylic acids is 3. The number of hydrogen-bond donors (Lipinski definition) is 3. The van der Waals surface area contributed by atoms with E-state index in [4.69, 9.17) is 9.84 Å². The number of nitrogens with one attached hydrogen (secondary N) is 2. The van der Waals surface area contributed by atoms with Crippen molar-refractivity contribution in [1.82, 2.24) is 49.3 Å². The van der Waals surface area contributed by atoms with Crippen LogP contribution in [0.15, 0.2) is 97.8 Å². The number of carboxylic acid groups (broad SMARTS) is 1. The van der Waals surface area contributed by atoms with Crippen molar-refractivity contribution in [2.45, 2.75) is 72.6 Å². The molecule has 4 atom stereocenters. The summed E-state index contributed by atoms with van der Waals surface area (Å²) in [6, 6.07) is 21.3. The lowest BCUT2D eigenvalue weighted by molar-refractivity contribution is -0.134. The van der Waals surface area contributed by atoms with E-state index in [1.807, 2.05) is 47.9 Å². The van der Waals surface area contributed by atoms with Crippen molar-refractivity contribution < 1.29 is 29.0 Å². The second-order valence-corrected chi connectivity index (χ2v) is 16.3. The Morgan fingerprint density at radius 1 is 0.606 bits per heavy atom. The molecule has 0 unspecified atom stereocenters. The predicted molar refractivity (Wildman–Crippen MR) is 248 cm³/mol. The fourth-order valence-electron chi connectivity index (χ4n) is 8.46. The lowest BCUT2D eigenvalue weighted by Gasteiger charge is -2.44. The molecule has 2 aliphatic rings. The molecule has 20 nitrogen and oxygen atoms in total. The number of aromatic carboxylic acids is 1. The standard InChI is InChI=1S/C24H29N7O3.C22H25N7O3/c1-5-34-23(33)19-6-8-20(9-7-19)27-24-26-15-30(28-24)21-10-11-25-22(12-21)29-13-16(2)31(18(4)32)17(3)14-29;1-14-11-27(12-15(2)29(14)16(3)30)20-10-19(8-9-23-20)28-13-24-22(26-28)25-18-6-4-17(5-7-18)21(31)32/h6-12,15-17H,5,13-14H2,1-4H3,(H,27,28);4-10,13-15H,11-12H2,1-3H3,(H,25,26)(H,31,32)/t16-,17+;14-,15+. The van der Waals surface area contributed by atoms with Crippen molar-refractivity contribution in [3.05, 3.63) is 109 Å². The first kappa shape index (κ1) is 46.1.